The van der Waals surface area contributed by atoms with Crippen molar-refractivity contribution in [1.29, 1.82) is 0 Å². The van der Waals surface area contributed by atoms with E-state index in [4.69, 9.17) is 4.52 Å². The van der Waals surface area contributed by atoms with E-state index in [1.807, 2.05) is 42.5 Å². The van der Waals surface area contributed by atoms with Gasteiger partial charge >= 0.3 is 0 Å². The minimum Gasteiger partial charge on any atom is -0.355 e. The second-order valence-corrected chi connectivity index (χ2v) is 6.38. The molecule has 0 aliphatic heterocycles. The van der Waals surface area contributed by atoms with Crippen molar-refractivity contribution in [2.24, 2.45) is 5.92 Å². The maximum atomic E-state index is 12.6. The fourth-order valence-corrected chi connectivity index (χ4v) is 2.70. The van der Waals surface area contributed by atoms with E-state index >= 15 is 0 Å². The molecule has 0 aliphatic rings. The van der Waals surface area contributed by atoms with Crippen molar-refractivity contribution >= 4 is 5.91 Å². The van der Waals surface area contributed by atoms with Crippen LogP contribution in [0.1, 0.15) is 42.4 Å². The molecule has 5 nitrogen and oxygen atoms in total. The van der Waals surface area contributed by atoms with E-state index in [-0.39, 0.29) is 17.6 Å². The van der Waals surface area contributed by atoms with E-state index in [0.717, 1.165) is 17.5 Å². The van der Waals surface area contributed by atoms with Crippen LogP contribution in [0.25, 0.3) is 11.3 Å². The molecular formula is C20H21N3O2. The summed E-state index contributed by atoms with van der Waals surface area (Å²) in [5, 5.41) is 6.98. The van der Waals surface area contributed by atoms with Crippen molar-refractivity contribution < 1.29 is 9.32 Å². The molecular weight excluding hydrogens is 314 g/mol. The molecule has 1 amide bonds. The van der Waals surface area contributed by atoms with E-state index in [1.54, 1.807) is 18.5 Å². The van der Waals surface area contributed by atoms with Crippen molar-refractivity contribution in [2.75, 3.05) is 0 Å². The average Bonchev–Trinajstić information content (AvgIpc) is 3.12. The highest BCUT2D eigenvalue weighted by Gasteiger charge is 2.20. The van der Waals surface area contributed by atoms with Gasteiger partial charge in [0.1, 0.15) is 0 Å². The maximum Gasteiger partial charge on any atom is 0.273 e. The zero-order valence-corrected chi connectivity index (χ0v) is 14.3. The Morgan fingerprint density at radius 1 is 1.12 bits per heavy atom. The van der Waals surface area contributed by atoms with Gasteiger partial charge in [-0.15, -0.1) is 0 Å². The summed E-state index contributed by atoms with van der Waals surface area (Å²) in [7, 11) is 0. The third-order valence-electron chi connectivity index (χ3n) is 3.92. The number of benzene rings is 1. The molecule has 0 saturated heterocycles. The molecule has 0 bridgehead atoms. The molecule has 1 aromatic carbocycles. The fourth-order valence-electron chi connectivity index (χ4n) is 2.70. The van der Waals surface area contributed by atoms with Gasteiger partial charge in [-0.1, -0.05) is 49.3 Å². The van der Waals surface area contributed by atoms with Crippen LogP contribution in [0.4, 0.5) is 0 Å². The quantitative estimate of drug-likeness (QED) is 0.731. The van der Waals surface area contributed by atoms with Crippen LogP contribution >= 0.6 is 0 Å². The van der Waals surface area contributed by atoms with Crippen LogP contribution in [-0.2, 0) is 0 Å². The van der Waals surface area contributed by atoms with E-state index in [1.165, 1.54) is 0 Å². The molecule has 1 unspecified atom stereocenters. The molecule has 0 fully saturated rings. The second-order valence-electron chi connectivity index (χ2n) is 6.38. The topological polar surface area (TPSA) is 68.0 Å². The Hall–Kier alpha value is -2.95. The van der Waals surface area contributed by atoms with Crippen molar-refractivity contribution in [3.8, 4) is 11.3 Å². The smallest absolute Gasteiger partial charge is 0.273 e. The van der Waals surface area contributed by atoms with E-state index < -0.39 is 0 Å². The van der Waals surface area contributed by atoms with Crippen LogP contribution < -0.4 is 5.32 Å². The third kappa shape index (κ3) is 4.32. The van der Waals surface area contributed by atoms with Gasteiger partial charge in [0, 0.05) is 24.0 Å². The molecule has 0 radical (unpaired) electrons. The van der Waals surface area contributed by atoms with Crippen molar-refractivity contribution in [1.82, 2.24) is 15.5 Å². The predicted octanol–water partition coefficient (Wildman–Crippen LogP) is 4.25. The average molecular weight is 335 g/mol. The molecule has 0 aliphatic carbocycles. The number of pyridine rings is 1. The molecule has 3 aromatic rings. The number of aromatic nitrogens is 2. The van der Waals surface area contributed by atoms with Gasteiger partial charge in [-0.3, -0.25) is 9.78 Å². The van der Waals surface area contributed by atoms with Crippen LogP contribution in [0.2, 0.25) is 0 Å². The molecule has 1 N–H and O–H groups in total. The first-order valence-corrected chi connectivity index (χ1v) is 8.36. The molecule has 0 saturated carbocycles. The summed E-state index contributed by atoms with van der Waals surface area (Å²) in [6, 6.07) is 15.2. The summed E-state index contributed by atoms with van der Waals surface area (Å²) < 4.78 is 5.30. The summed E-state index contributed by atoms with van der Waals surface area (Å²) in [4.78, 5) is 16.6. The standard InChI is InChI=1S/C20H21N3O2/c1-14(2)12-17(15-6-4-3-5-7-15)22-20(24)18-13-19(25-23-18)16-8-10-21-11-9-16/h3-11,13-14,17H,12H2,1-2H3,(H,22,24). The lowest BCUT2D eigenvalue weighted by molar-refractivity contribution is 0.0923. The summed E-state index contributed by atoms with van der Waals surface area (Å²) in [6.45, 7) is 4.28. The van der Waals surface area contributed by atoms with Crippen LogP contribution in [0.3, 0.4) is 0 Å². The first-order chi connectivity index (χ1) is 12.1. The first kappa shape index (κ1) is 16.9. The molecule has 2 heterocycles. The number of nitrogens with zero attached hydrogens (tertiary/aromatic N) is 2. The number of carbonyl (C=O) groups is 1. The number of hydrogen-bond donors (Lipinski definition) is 1. The van der Waals surface area contributed by atoms with Gasteiger partial charge < -0.3 is 9.84 Å². The highest BCUT2D eigenvalue weighted by molar-refractivity contribution is 5.93. The van der Waals surface area contributed by atoms with Gasteiger partial charge in [-0.25, -0.2) is 0 Å². The van der Waals surface area contributed by atoms with Gasteiger partial charge in [-0.2, -0.15) is 0 Å². The predicted molar refractivity (Wildman–Crippen MR) is 95.8 cm³/mol. The SMILES string of the molecule is CC(C)CC(NC(=O)c1cc(-c2ccncc2)on1)c1ccccc1. The summed E-state index contributed by atoms with van der Waals surface area (Å²) >= 11 is 0. The number of rotatable bonds is 6. The lowest BCUT2D eigenvalue weighted by Crippen LogP contribution is -2.29. The van der Waals surface area contributed by atoms with Gasteiger partial charge in [-0.05, 0) is 30.0 Å². The summed E-state index contributed by atoms with van der Waals surface area (Å²) in [6.07, 6.45) is 4.20. The van der Waals surface area contributed by atoms with Crippen molar-refractivity contribution in [2.45, 2.75) is 26.3 Å². The van der Waals surface area contributed by atoms with Crippen LogP contribution in [0.15, 0.2) is 65.4 Å². The monoisotopic (exact) mass is 335 g/mol. The zero-order chi connectivity index (χ0) is 17.6. The minimum atomic E-state index is -0.237. The van der Waals surface area contributed by atoms with Gasteiger partial charge in [0.05, 0.1) is 6.04 Å². The van der Waals surface area contributed by atoms with Crippen LogP contribution in [-0.4, -0.2) is 16.0 Å². The highest BCUT2D eigenvalue weighted by Crippen LogP contribution is 2.23. The Morgan fingerprint density at radius 3 is 2.52 bits per heavy atom. The fraction of sp³-hybridized carbons (Fsp3) is 0.250. The van der Waals surface area contributed by atoms with Crippen LogP contribution in [0, 0.1) is 5.92 Å². The third-order valence-corrected chi connectivity index (χ3v) is 3.92. The lowest BCUT2D eigenvalue weighted by atomic mass is 9.97. The van der Waals surface area contributed by atoms with Gasteiger partial charge in [0.2, 0.25) is 0 Å². The maximum absolute atomic E-state index is 12.6. The van der Waals surface area contributed by atoms with Crippen LogP contribution in [0.5, 0.6) is 0 Å². The Kier molecular flexibility index (Phi) is 5.23. The number of nitrogens with one attached hydrogen (secondary N) is 1. The summed E-state index contributed by atoms with van der Waals surface area (Å²) in [5.74, 6) is 0.765. The lowest BCUT2D eigenvalue weighted by Gasteiger charge is -2.20. The van der Waals surface area contributed by atoms with E-state index in [9.17, 15) is 4.79 Å². The Balaban J connectivity index is 1.77. The molecule has 128 valence electrons. The second kappa shape index (κ2) is 7.75. The van der Waals surface area contributed by atoms with Crippen molar-refractivity contribution in [3.05, 3.63) is 72.2 Å². The summed E-state index contributed by atoms with van der Waals surface area (Å²) in [5.41, 5.74) is 2.20. The van der Waals surface area contributed by atoms with E-state index in [2.05, 4.69) is 29.3 Å². The number of amides is 1. The molecule has 2 aromatic heterocycles. The molecule has 3 rings (SSSR count). The Bertz CT molecular complexity index is 813. The minimum absolute atomic E-state index is 0.0604. The molecule has 0 spiro atoms. The number of hydrogen-bond acceptors (Lipinski definition) is 4. The molecule has 5 heteroatoms. The number of carbonyl (C=O) groups excluding carboxylic acids is 1. The molecule has 25 heavy (non-hydrogen) atoms. The highest BCUT2D eigenvalue weighted by atomic mass is 16.5. The Labute approximate surface area is 147 Å². The zero-order valence-electron chi connectivity index (χ0n) is 14.3. The first-order valence-electron chi connectivity index (χ1n) is 8.36. The van der Waals surface area contributed by atoms with Gasteiger partial charge in [0.15, 0.2) is 11.5 Å². The Morgan fingerprint density at radius 2 is 1.84 bits per heavy atom. The normalized spacial score (nSPS) is 12.1. The van der Waals surface area contributed by atoms with Gasteiger partial charge in [0.25, 0.3) is 5.91 Å². The van der Waals surface area contributed by atoms with Crippen molar-refractivity contribution in [3.63, 3.8) is 0 Å². The molecule has 1 atom stereocenters. The van der Waals surface area contributed by atoms with E-state index in [0.29, 0.717) is 11.7 Å². The largest absolute Gasteiger partial charge is 0.355 e.